The maximum absolute atomic E-state index is 9.95. The normalized spacial score (nSPS) is 12.0. The van der Waals surface area contributed by atoms with Crippen molar-refractivity contribution in [3.05, 3.63) is 57.5 Å². The second-order valence-electron chi connectivity index (χ2n) is 6.56. The summed E-state index contributed by atoms with van der Waals surface area (Å²) < 4.78 is 5.12. The van der Waals surface area contributed by atoms with Gasteiger partial charge < -0.3 is 30.1 Å². The molecule has 172 valence electrons. The predicted molar refractivity (Wildman–Crippen MR) is 123 cm³/mol. The zero-order valence-corrected chi connectivity index (χ0v) is 19.5. The lowest BCUT2D eigenvalue weighted by Gasteiger charge is -2.33. The zero-order chi connectivity index (χ0) is 23.6. The number of ether oxygens (including phenoxy) is 1. The van der Waals surface area contributed by atoms with Gasteiger partial charge in [-0.25, -0.2) is 0 Å². The summed E-state index contributed by atoms with van der Waals surface area (Å²) in [6.07, 6.45) is 4.98. The fourth-order valence-electron chi connectivity index (χ4n) is 3.28. The third kappa shape index (κ3) is 6.64. The number of phenolic OH excluding ortho intramolecular Hbond substituents is 2. The van der Waals surface area contributed by atoms with Crippen molar-refractivity contribution in [2.24, 2.45) is 0 Å². The highest BCUT2D eigenvalue weighted by molar-refractivity contribution is 6.36. The number of benzene rings is 1. The molecule has 9 heteroatoms. The van der Waals surface area contributed by atoms with Crippen molar-refractivity contribution < 1.29 is 25.2 Å². The van der Waals surface area contributed by atoms with Crippen LogP contribution in [0.2, 0.25) is 10.0 Å². The first-order valence-corrected chi connectivity index (χ1v) is 10.4. The van der Waals surface area contributed by atoms with E-state index in [0.29, 0.717) is 13.0 Å². The number of methoxy groups -OCH3 is 1. The molecule has 0 amide bonds. The van der Waals surface area contributed by atoms with Crippen LogP contribution in [0.5, 0.6) is 17.2 Å². The molecular weight excluding hydrogens is 443 g/mol. The van der Waals surface area contributed by atoms with Gasteiger partial charge in [-0.2, -0.15) is 0 Å². The highest BCUT2D eigenvalue weighted by atomic mass is 35.5. The summed E-state index contributed by atoms with van der Waals surface area (Å²) in [5.41, 5.74) is 3.57. The number of rotatable bonds is 6. The molecule has 4 N–H and O–H groups in total. The maximum Gasteiger partial charge on any atom is 0.178 e. The van der Waals surface area contributed by atoms with Crippen molar-refractivity contribution >= 4 is 23.2 Å². The second kappa shape index (κ2) is 13.3. The number of aryl methyl sites for hydroxylation is 1. The van der Waals surface area contributed by atoms with Gasteiger partial charge in [-0.05, 0) is 48.9 Å². The van der Waals surface area contributed by atoms with E-state index in [4.69, 9.17) is 38.2 Å². The Kier molecular flexibility index (Phi) is 11.5. The van der Waals surface area contributed by atoms with Gasteiger partial charge >= 0.3 is 0 Å². The van der Waals surface area contributed by atoms with E-state index in [-0.39, 0.29) is 21.5 Å². The van der Waals surface area contributed by atoms with Crippen molar-refractivity contribution in [3.63, 3.8) is 0 Å². The monoisotopic (exact) mass is 472 g/mol. The van der Waals surface area contributed by atoms with Crippen molar-refractivity contribution in [3.8, 4) is 17.2 Å². The highest BCUT2D eigenvalue weighted by Crippen LogP contribution is 2.46. The lowest BCUT2D eigenvalue weighted by Crippen LogP contribution is -2.30. The summed E-state index contributed by atoms with van der Waals surface area (Å²) in [6, 6.07) is 3.88. The number of pyridine rings is 1. The second-order valence-corrected chi connectivity index (χ2v) is 7.32. The third-order valence-electron chi connectivity index (χ3n) is 4.89. The van der Waals surface area contributed by atoms with Crippen LogP contribution >= 0.6 is 23.2 Å². The lowest BCUT2D eigenvalue weighted by atomic mass is 9.97. The summed E-state index contributed by atoms with van der Waals surface area (Å²) in [5.74, 6) is 0.0399. The Balaban J connectivity index is 0.00000113. The van der Waals surface area contributed by atoms with E-state index in [0.717, 1.165) is 68.3 Å². The van der Waals surface area contributed by atoms with E-state index in [2.05, 4.69) is 16.5 Å². The van der Waals surface area contributed by atoms with E-state index in [1.54, 1.807) is 13.3 Å². The quantitative estimate of drug-likeness (QED) is 0.472. The minimum Gasteiger partial charge on any atom is -0.503 e. The fraction of sp³-hybridized carbons (Fsp3) is 0.409. The average Bonchev–Trinajstić information content (AvgIpc) is 2.83. The molecule has 3 rings (SSSR count). The molecule has 2 heterocycles. The largest absolute Gasteiger partial charge is 0.503 e. The first-order chi connectivity index (χ1) is 14.9. The molecule has 0 aliphatic carbocycles. The molecule has 0 unspecified atom stereocenters. The van der Waals surface area contributed by atoms with E-state index in [1.165, 1.54) is 0 Å². The van der Waals surface area contributed by atoms with Crippen LogP contribution in [0.25, 0.3) is 0 Å². The van der Waals surface area contributed by atoms with Crippen LogP contribution in [0.3, 0.4) is 0 Å². The number of aromatic nitrogens is 1. The summed E-state index contributed by atoms with van der Waals surface area (Å²) in [7, 11) is 3.62. The molecule has 7 nitrogen and oxygen atoms in total. The molecule has 0 fully saturated rings. The number of allylic oxidation sites excluding steroid dienone is 1. The van der Waals surface area contributed by atoms with E-state index < -0.39 is 0 Å². The lowest BCUT2D eigenvalue weighted by molar-refractivity contribution is 0.308. The van der Waals surface area contributed by atoms with Gasteiger partial charge in [0.05, 0.1) is 23.4 Å². The van der Waals surface area contributed by atoms with E-state index in [1.807, 2.05) is 12.1 Å². The summed E-state index contributed by atoms with van der Waals surface area (Å²) >= 11 is 12.4. The molecular formula is C22H30Cl2N2O5. The maximum atomic E-state index is 9.95. The van der Waals surface area contributed by atoms with Crippen LogP contribution in [0.1, 0.15) is 29.7 Å². The SMILES string of the molecule is C=C(CCCc1ccc(OC)cn1)N1CCc2c(Cl)c(O)c(O)c(Cl)c2C1.CO.CO. The molecule has 31 heavy (non-hydrogen) atoms. The van der Waals surface area contributed by atoms with E-state index >= 15 is 0 Å². The number of hydrogen-bond donors (Lipinski definition) is 4. The molecule has 0 atom stereocenters. The average molecular weight is 473 g/mol. The predicted octanol–water partition coefficient (Wildman–Crippen LogP) is 3.92. The van der Waals surface area contributed by atoms with Gasteiger partial charge in [-0.1, -0.05) is 29.8 Å². The van der Waals surface area contributed by atoms with Crippen LogP contribution in [0.15, 0.2) is 30.6 Å². The Labute approximate surface area is 193 Å². The summed E-state index contributed by atoms with van der Waals surface area (Å²) in [5, 5.41) is 34.2. The smallest absolute Gasteiger partial charge is 0.178 e. The Morgan fingerprint density at radius 1 is 1.10 bits per heavy atom. The Hall–Kier alpha value is -2.19. The number of aromatic hydroxyl groups is 2. The van der Waals surface area contributed by atoms with Crippen LogP contribution in [-0.4, -0.2) is 58.2 Å². The van der Waals surface area contributed by atoms with Gasteiger partial charge in [0.25, 0.3) is 0 Å². The standard InChI is InChI=1S/C20H22Cl2N2O3.2CH4O/c1-12(4-3-5-13-6-7-14(27-2)10-23-13)24-9-8-15-16(11-24)18(22)20(26)19(25)17(15)21;2*1-2/h6-7,10,25-26H,1,3-5,8-9,11H2,2H3;2*2H,1H3. The number of aliphatic hydroxyl groups is 2. The minimum absolute atomic E-state index is 0.159. The van der Waals surface area contributed by atoms with Gasteiger partial charge in [-0.3, -0.25) is 4.98 Å². The molecule has 2 aromatic rings. The van der Waals surface area contributed by atoms with Crippen molar-refractivity contribution in [1.29, 1.82) is 0 Å². The van der Waals surface area contributed by atoms with Crippen LogP contribution in [-0.2, 0) is 19.4 Å². The summed E-state index contributed by atoms with van der Waals surface area (Å²) in [6.45, 7) is 5.46. The molecule has 1 aromatic heterocycles. The van der Waals surface area contributed by atoms with Gasteiger partial charge in [0, 0.05) is 38.7 Å². The first-order valence-electron chi connectivity index (χ1n) is 9.64. The van der Waals surface area contributed by atoms with Crippen LogP contribution in [0, 0.1) is 0 Å². The van der Waals surface area contributed by atoms with Gasteiger partial charge in [0.15, 0.2) is 11.5 Å². The van der Waals surface area contributed by atoms with Crippen LogP contribution < -0.4 is 4.74 Å². The number of nitrogens with zero attached hydrogens (tertiary/aromatic N) is 2. The topological polar surface area (TPSA) is 106 Å². The van der Waals surface area contributed by atoms with Crippen molar-refractivity contribution in [2.45, 2.75) is 32.2 Å². The molecule has 1 aromatic carbocycles. The molecule has 0 radical (unpaired) electrons. The van der Waals surface area contributed by atoms with Gasteiger partial charge in [-0.15, -0.1) is 0 Å². The number of aliphatic hydroxyl groups excluding tert-OH is 2. The highest BCUT2D eigenvalue weighted by Gasteiger charge is 2.27. The Morgan fingerprint density at radius 2 is 1.71 bits per heavy atom. The Morgan fingerprint density at radius 3 is 2.26 bits per heavy atom. The number of phenols is 2. The molecule has 0 saturated heterocycles. The van der Waals surface area contributed by atoms with Gasteiger partial charge in [0.2, 0.25) is 0 Å². The number of halogens is 2. The fourth-order valence-corrected chi connectivity index (χ4v) is 3.84. The summed E-state index contributed by atoms with van der Waals surface area (Å²) in [4.78, 5) is 6.52. The molecule has 0 saturated carbocycles. The number of fused-ring (bicyclic) bond motifs is 1. The van der Waals surface area contributed by atoms with Crippen LogP contribution in [0.4, 0.5) is 0 Å². The third-order valence-corrected chi connectivity index (χ3v) is 5.71. The number of hydrogen-bond acceptors (Lipinski definition) is 7. The molecule has 1 aliphatic heterocycles. The van der Waals surface area contributed by atoms with Crippen molar-refractivity contribution in [2.75, 3.05) is 27.9 Å². The first kappa shape index (κ1) is 26.8. The minimum atomic E-state index is -0.363. The zero-order valence-electron chi connectivity index (χ0n) is 18.0. The molecule has 0 bridgehead atoms. The van der Waals surface area contributed by atoms with Gasteiger partial charge in [0.1, 0.15) is 5.75 Å². The van der Waals surface area contributed by atoms with E-state index in [9.17, 15) is 10.2 Å². The Bertz CT molecular complexity index is 860. The molecule has 1 aliphatic rings. The molecule has 0 spiro atoms. The van der Waals surface area contributed by atoms with Crippen molar-refractivity contribution in [1.82, 2.24) is 9.88 Å².